The highest BCUT2D eigenvalue weighted by Gasteiger charge is 2.21. The molecule has 7 nitrogen and oxygen atoms in total. The first kappa shape index (κ1) is 22.4. The molecule has 0 bridgehead atoms. The summed E-state index contributed by atoms with van der Waals surface area (Å²) in [5.74, 6) is 0.536. The molecule has 1 unspecified atom stereocenters. The third-order valence-electron chi connectivity index (χ3n) is 5.59. The van der Waals surface area contributed by atoms with Crippen LogP contribution in [-0.2, 0) is 11.2 Å². The van der Waals surface area contributed by atoms with E-state index < -0.39 is 0 Å². The number of carbonyl (C=O) groups is 2. The van der Waals surface area contributed by atoms with Gasteiger partial charge in [0.15, 0.2) is 11.5 Å². The molecular formula is C26H26N2O5. The summed E-state index contributed by atoms with van der Waals surface area (Å²) >= 11 is 0. The Morgan fingerprint density at radius 3 is 2.39 bits per heavy atom. The Hall–Kier alpha value is -3.84. The van der Waals surface area contributed by atoms with E-state index in [9.17, 15) is 9.59 Å². The number of ether oxygens (including phenoxy) is 3. The number of hydrogen-bond donors (Lipinski definition) is 2. The molecular weight excluding hydrogens is 420 g/mol. The predicted molar refractivity (Wildman–Crippen MR) is 125 cm³/mol. The van der Waals surface area contributed by atoms with Gasteiger partial charge in [0.1, 0.15) is 6.10 Å². The maximum Gasteiger partial charge on any atom is 0.255 e. The van der Waals surface area contributed by atoms with Crippen LogP contribution in [0.5, 0.6) is 11.5 Å². The highest BCUT2D eigenvalue weighted by molar-refractivity contribution is 6.05. The van der Waals surface area contributed by atoms with Crippen molar-refractivity contribution < 1.29 is 23.8 Å². The van der Waals surface area contributed by atoms with Crippen LogP contribution >= 0.6 is 0 Å². The topological polar surface area (TPSA) is 85.9 Å². The molecule has 4 rings (SSSR count). The SMILES string of the molecule is COc1ccc(C(=O)Nc2ccc(C(=O)NCC3OCCc4ccccc43)cc2)cc1OC. The minimum atomic E-state index is -0.290. The van der Waals surface area contributed by atoms with Crippen LogP contribution in [0.4, 0.5) is 5.69 Å². The number of rotatable bonds is 7. The minimum Gasteiger partial charge on any atom is -0.493 e. The van der Waals surface area contributed by atoms with Crippen LogP contribution < -0.4 is 20.1 Å². The standard InChI is InChI=1S/C26H26N2O5/c1-31-22-12-9-19(15-23(22)32-2)26(30)28-20-10-7-18(8-11-20)25(29)27-16-24-21-6-4-3-5-17(21)13-14-33-24/h3-12,15,24H,13-14,16H2,1-2H3,(H,27,29)(H,28,30). The first-order chi connectivity index (χ1) is 16.1. The van der Waals surface area contributed by atoms with Crippen molar-refractivity contribution in [3.8, 4) is 11.5 Å². The molecule has 1 aliphatic rings. The van der Waals surface area contributed by atoms with E-state index in [4.69, 9.17) is 14.2 Å². The van der Waals surface area contributed by atoms with E-state index in [-0.39, 0.29) is 17.9 Å². The molecule has 1 heterocycles. The lowest BCUT2D eigenvalue weighted by molar-refractivity contribution is 0.0411. The zero-order valence-electron chi connectivity index (χ0n) is 18.6. The summed E-state index contributed by atoms with van der Waals surface area (Å²) in [7, 11) is 3.05. The molecule has 170 valence electrons. The van der Waals surface area contributed by atoms with Crippen LogP contribution in [0.2, 0.25) is 0 Å². The first-order valence-corrected chi connectivity index (χ1v) is 10.7. The van der Waals surface area contributed by atoms with Crippen LogP contribution in [0, 0.1) is 0 Å². The molecule has 0 spiro atoms. The Kier molecular flexibility index (Phi) is 6.90. The van der Waals surface area contributed by atoms with Crippen LogP contribution in [0.1, 0.15) is 37.9 Å². The van der Waals surface area contributed by atoms with E-state index in [1.54, 1.807) is 42.5 Å². The fraction of sp³-hybridized carbons (Fsp3) is 0.231. The molecule has 0 aliphatic carbocycles. The molecule has 1 aliphatic heterocycles. The number of hydrogen-bond acceptors (Lipinski definition) is 5. The Morgan fingerprint density at radius 2 is 1.64 bits per heavy atom. The van der Waals surface area contributed by atoms with Gasteiger partial charge in [0.25, 0.3) is 11.8 Å². The molecule has 0 saturated heterocycles. The molecule has 2 N–H and O–H groups in total. The lowest BCUT2D eigenvalue weighted by Gasteiger charge is -2.26. The van der Waals surface area contributed by atoms with E-state index in [0.29, 0.717) is 41.5 Å². The number of amides is 2. The summed E-state index contributed by atoms with van der Waals surface area (Å²) in [4.78, 5) is 25.2. The summed E-state index contributed by atoms with van der Waals surface area (Å²) in [5.41, 5.74) is 3.90. The molecule has 0 radical (unpaired) electrons. The monoisotopic (exact) mass is 446 g/mol. The average molecular weight is 447 g/mol. The Balaban J connectivity index is 1.35. The van der Waals surface area contributed by atoms with Crippen molar-refractivity contribution in [1.82, 2.24) is 5.32 Å². The molecule has 2 amide bonds. The number of nitrogens with one attached hydrogen (secondary N) is 2. The van der Waals surface area contributed by atoms with E-state index in [0.717, 1.165) is 12.0 Å². The lowest BCUT2D eigenvalue weighted by Crippen LogP contribution is -2.31. The Morgan fingerprint density at radius 1 is 0.909 bits per heavy atom. The normalized spacial score (nSPS) is 14.7. The smallest absolute Gasteiger partial charge is 0.255 e. The van der Waals surface area contributed by atoms with Crippen LogP contribution in [0.25, 0.3) is 0 Å². The van der Waals surface area contributed by atoms with Crippen molar-refractivity contribution in [2.24, 2.45) is 0 Å². The molecule has 7 heteroatoms. The van der Waals surface area contributed by atoms with Gasteiger partial charge in [0.2, 0.25) is 0 Å². The maximum atomic E-state index is 12.6. The first-order valence-electron chi connectivity index (χ1n) is 10.7. The zero-order valence-corrected chi connectivity index (χ0v) is 18.6. The van der Waals surface area contributed by atoms with Gasteiger partial charge in [0, 0.05) is 23.4 Å². The van der Waals surface area contributed by atoms with E-state index >= 15 is 0 Å². The summed E-state index contributed by atoms with van der Waals surface area (Å²) < 4.78 is 16.3. The van der Waals surface area contributed by atoms with Gasteiger partial charge in [0.05, 0.1) is 20.8 Å². The number of methoxy groups -OCH3 is 2. The summed E-state index contributed by atoms with van der Waals surface area (Å²) in [6.07, 6.45) is 0.732. The quantitative estimate of drug-likeness (QED) is 0.573. The van der Waals surface area contributed by atoms with Crippen LogP contribution in [0.3, 0.4) is 0 Å². The van der Waals surface area contributed by atoms with Gasteiger partial charge in [-0.15, -0.1) is 0 Å². The van der Waals surface area contributed by atoms with Crippen LogP contribution in [0.15, 0.2) is 66.7 Å². The maximum absolute atomic E-state index is 12.6. The highest BCUT2D eigenvalue weighted by atomic mass is 16.5. The minimum absolute atomic E-state index is 0.154. The Bertz CT molecular complexity index is 1140. The van der Waals surface area contributed by atoms with Gasteiger partial charge >= 0.3 is 0 Å². The average Bonchev–Trinajstić information content (AvgIpc) is 2.87. The van der Waals surface area contributed by atoms with Gasteiger partial charge < -0.3 is 24.8 Å². The molecule has 1 atom stereocenters. The second kappa shape index (κ2) is 10.2. The van der Waals surface area contributed by atoms with Crippen molar-refractivity contribution in [3.63, 3.8) is 0 Å². The molecule has 3 aromatic carbocycles. The number of anilines is 1. The summed E-state index contributed by atoms with van der Waals surface area (Å²) in [5, 5.41) is 5.76. The third-order valence-corrected chi connectivity index (χ3v) is 5.59. The molecule has 0 aromatic heterocycles. The van der Waals surface area contributed by atoms with Crippen molar-refractivity contribution in [1.29, 1.82) is 0 Å². The van der Waals surface area contributed by atoms with E-state index in [1.807, 2.05) is 18.2 Å². The van der Waals surface area contributed by atoms with Crippen molar-refractivity contribution in [3.05, 3.63) is 89.0 Å². The Labute approximate surface area is 192 Å². The lowest BCUT2D eigenvalue weighted by atomic mass is 9.97. The third kappa shape index (κ3) is 5.15. The van der Waals surface area contributed by atoms with Gasteiger partial charge in [-0.1, -0.05) is 24.3 Å². The number of carbonyl (C=O) groups excluding carboxylic acids is 2. The van der Waals surface area contributed by atoms with Crippen molar-refractivity contribution in [2.45, 2.75) is 12.5 Å². The summed E-state index contributed by atoms with van der Waals surface area (Å²) in [6, 6.07) is 19.8. The molecule has 3 aromatic rings. The highest BCUT2D eigenvalue weighted by Crippen LogP contribution is 2.28. The van der Waals surface area contributed by atoms with Gasteiger partial charge in [-0.05, 0) is 60.0 Å². The molecule has 0 saturated carbocycles. The zero-order chi connectivity index (χ0) is 23.2. The van der Waals surface area contributed by atoms with Gasteiger partial charge in [-0.3, -0.25) is 9.59 Å². The molecule has 33 heavy (non-hydrogen) atoms. The summed E-state index contributed by atoms with van der Waals surface area (Å²) in [6.45, 7) is 1.04. The van der Waals surface area contributed by atoms with Crippen molar-refractivity contribution >= 4 is 17.5 Å². The van der Waals surface area contributed by atoms with Crippen LogP contribution in [-0.4, -0.2) is 39.2 Å². The largest absolute Gasteiger partial charge is 0.493 e. The second-order valence-electron chi connectivity index (χ2n) is 7.62. The predicted octanol–water partition coefficient (Wildman–Crippen LogP) is 4.00. The van der Waals surface area contributed by atoms with E-state index in [1.165, 1.54) is 19.8 Å². The van der Waals surface area contributed by atoms with Gasteiger partial charge in [-0.25, -0.2) is 0 Å². The van der Waals surface area contributed by atoms with Crippen molar-refractivity contribution in [2.75, 3.05) is 32.7 Å². The van der Waals surface area contributed by atoms with Gasteiger partial charge in [-0.2, -0.15) is 0 Å². The number of fused-ring (bicyclic) bond motifs is 1. The fourth-order valence-corrected chi connectivity index (χ4v) is 3.82. The van der Waals surface area contributed by atoms with E-state index in [2.05, 4.69) is 16.7 Å². The second-order valence-corrected chi connectivity index (χ2v) is 7.62. The fourth-order valence-electron chi connectivity index (χ4n) is 3.82. The number of benzene rings is 3. The molecule has 0 fully saturated rings.